The lowest BCUT2D eigenvalue weighted by molar-refractivity contribution is 0.0774. The first kappa shape index (κ1) is 15.8. The second-order valence-corrected chi connectivity index (χ2v) is 9.11. The van der Waals surface area contributed by atoms with Gasteiger partial charge >= 0.3 is 0 Å². The molecule has 8 nitrogen and oxygen atoms in total. The van der Waals surface area contributed by atoms with E-state index in [1.165, 1.54) is 48.5 Å². The average Bonchev–Trinajstić information content (AvgIpc) is 2.90. The molecule has 128 valence electrons. The van der Waals surface area contributed by atoms with E-state index in [1.807, 2.05) is 0 Å². The molecule has 4 rings (SSSR count). The van der Waals surface area contributed by atoms with Gasteiger partial charge in [-0.2, -0.15) is 0 Å². The summed E-state index contributed by atoms with van der Waals surface area (Å²) in [6.45, 7) is -0.897. The third kappa shape index (κ3) is 1.98. The molecule has 0 unspecified atom stereocenters. The molecule has 0 spiro atoms. The first-order valence-electron chi connectivity index (χ1n) is 7.08. The van der Waals surface area contributed by atoms with E-state index in [0.717, 1.165) is 0 Å². The minimum absolute atomic E-state index is 0.0518. The largest absolute Gasteiger partial charge is 0.270 e. The van der Waals surface area contributed by atoms with Gasteiger partial charge < -0.3 is 0 Å². The van der Waals surface area contributed by atoms with Gasteiger partial charge in [0, 0.05) is 0 Å². The lowest BCUT2D eigenvalue weighted by atomic mass is 10.2. The number of hydrogen-bond acceptors (Lipinski definition) is 6. The molecule has 0 N–H and O–H groups in total. The normalized spacial score (nSPS) is 19.8. The number of carbonyl (C=O) groups is 2. The standard InChI is InChI=1S/C15H10N2O6S2/c18-14-10-5-1-3-7-12(10)24(20,21)16(14)9-17-15(19)11-6-2-4-8-13(11)25(17,22)23/h1-8H,9H2. The zero-order valence-electron chi connectivity index (χ0n) is 12.5. The van der Waals surface area contributed by atoms with Crippen LogP contribution in [0.25, 0.3) is 0 Å². The minimum Gasteiger partial charge on any atom is -0.268 e. The molecule has 2 aliphatic rings. The van der Waals surface area contributed by atoms with Gasteiger partial charge in [0.05, 0.1) is 11.1 Å². The molecule has 2 heterocycles. The van der Waals surface area contributed by atoms with E-state index in [9.17, 15) is 26.4 Å². The van der Waals surface area contributed by atoms with Crippen molar-refractivity contribution in [2.24, 2.45) is 0 Å². The number of nitrogens with zero attached hydrogens (tertiary/aromatic N) is 2. The van der Waals surface area contributed by atoms with Gasteiger partial charge in [0.15, 0.2) is 0 Å². The Morgan fingerprint density at radius 1 is 0.640 bits per heavy atom. The van der Waals surface area contributed by atoms with Crippen LogP contribution in [-0.4, -0.2) is 43.9 Å². The van der Waals surface area contributed by atoms with Crippen LogP contribution >= 0.6 is 0 Å². The van der Waals surface area contributed by atoms with Crippen LogP contribution in [0.1, 0.15) is 20.7 Å². The monoisotopic (exact) mass is 378 g/mol. The minimum atomic E-state index is -4.22. The van der Waals surface area contributed by atoms with Gasteiger partial charge in [-0.1, -0.05) is 24.3 Å². The van der Waals surface area contributed by atoms with Crippen LogP contribution in [0, 0.1) is 0 Å². The molecule has 0 saturated carbocycles. The van der Waals surface area contributed by atoms with Crippen LogP contribution in [0.15, 0.2) is 58.3 Å². The average molecular weight is 378 g/mol. The van der Waals surface area contributed by atoms with Gasteiger partial charge in [0.25, 0.3) is 31.9 Å². The van der Waals surface area contributed by atoms with Crippen LogP contribution < -0.4 is 0 Å². The maximum Gasteiger partial charge on any atom is 0.270 e. The van der Waals surface area contributed by atoms with Crippen LogP contribution in [-0.2, 0) is 20.0 Å². The molecule has 0 fully saturated rings. The predicted molar refractivity (Wildman–Crippen MR) is 84.5 cm³/mol. The Balaban J connectivity index is 1.78. The fourth-order valence-electron chi connectivity index (χ4n) is 2.86. The van der Waals surface area contributed by atoms with E-state index in [-0.39, 0.29) is 20.9 Å². The van der Waals surface area contributed by atoms with Crippen LogP contribution in [0.2, 0.25) is 0 Å². The number of hydrogen-bond donors (Lipinski definition) is 0. The molecule has 0 aromatic heterocycles. The van der Waals surface area contributed by atoms with Crippen molar-refractivity contribution in [3.63, 3.8) is 0 Å². The summed E-state index contributed by atoms with van der Waals surface area (Å²) < 4.78 is 51.0. The zero-order chi connectivity index (χ0) is 18.0. The van der Waals surface area contributed by atoms with Crippen molar-refractivity contribution in [2.75, 3.05) is 6.67 Å². The van der Waals surface area contributed by atoms with Crippen molar-refractivity contribution < 1.29 is 26.4 Å². The number of sulfonamides is 2. The lowest BCUT2D eigenvalue weighted by Crippen LogP contribution is -2.43. The number of fused-ring (bicyclic) bond motifs is 2. The highest BCUT2D eigenvalue weighted by Crippen LogP contribution is 2.34. The summed E-state index contributed by atoms with van der Waals surface area (Å²) in [7, 11) is -8.44. The second kappa shape index (κ2) is 4.90. The van der Waals surface area contributed by atoms with Crippen LogP contribution in [0.3, 0.4) is 0 Å². The summed E-state index contributed by atoms with van der Waals surface area (Å²) >= 11 is 0. The lowest BCUT2D eigenvalue weighted by Gasteiger charge is -2.21. The molecular weight excluding hydrogens is 368 g/mol. The smallest absolute Gasteiger partial charge is 0.268 e. The van der Waals surface area contributed by atoms with Gasteiger partial charge in [0.1, 0.15) is 16.5 Å². The SMILES string of the molecule is O=C1c2ccccc2S(=O)(=O)N1CN1C(=O)c2ccccc2S1(=O)=O. The molecule has 10 heteroatoms. The second-order valence-electron chi connectivity index (χ2n) is 5.45. The molecule has 25 heavy (non-hydrogen) atoms. The first-order chi connectivity index (χ1) is 11.8. The molecular formula is C15H10N2O6S2. The highest BCUT2D eigenvalue weighted by molar-refractivity contribution is 7.91. The number of benzene rings is 2. The van der Waals surface area contributed by atoms with Crippen molar-refractivity contribution in [1.29, 1.82) is 0 Å². The van der Waals surface area contributed by atoms with Crippen molar-refractivity contribution in [3.8, 4) is 0 Å². The third-order valence-electron chi connectivity index (χ3n) is 4.08. The van der Waals surface area contributed by atoms with Gasteiger partial charge in [-0.15, -0.1) is 0 Å². The Morgan fingerprint density at radius 2 is 1.00 bits per heavy atom. The quantitative estimate of drug-likeness (QED) is 0.758. The molecule has 0 saturated heterocycles. The van der Waals surface area contributed by atoms with Crippen LogP contribution in [0.4, 0.5) is 0 Å². The fourth-order valence-corrected chi connectivity index (χ4v) is 5.94. The summed E-state index contributed by atoms with van der Waals surface area (Å²) in [4.78, 5) is 24.4. The molecule has 0 bridgehead atoms. The molecule has 2 aromatic carbocycles. The Hall–Kier alpha value is -2.72. The van der Waals surface area contributed by atoms with Crippen molar-refractivity contribution in [2.45, 2.75) is 9.79 Å². The topological polar surface area (TPSA) is 109 Å². The number of rotatable bonds is 2. The Morgan fingerprint density at radius 3 is 1.36 bits per heavy atom. The van der Waals surface area contributed by atoms with Gasteiger partial charge in [0.2, 0.25) is 0 Å². The first-order valence-corrected chi connectivity index (χ1v) is 9.96. The third-order valence-corrected chi connectivity index (χ3v) is 7.63. The molecule has 2 amide bonds. The van der Waals surface area contributed by atoms with Gasteiger partial charge in [-0.25, -0.2) is 25.4 Å². The molecule has 0 atom stereocenters. The van der Waals surface area contributed by atoms with Crippen LogP contribution in [0.5, 0.6) is 0 Å². The number of amides is 2. The molecule has 0 aliphatic carbocycles. The maximum absolute atomic E-state index is 12.5. The van der Waals surface area contributed by atoms with E-state index >= 15 is 0 Å². The highest BCUT2D eigenvalue weighted by Gasteiger charge is 2.47. The van der Waals surface area contributed by atoms with E-state index in [2.05, 4.69) is 0 Å². The Labute approximate surface area is 143 Å². The van der Waals surface area contributed by atoms with Crippen molar-refractivity contribution in [1.82, 2.24) is 8.61 Å². The van der Waals surface area contributed by atoms with Crippen molar-refractivity contribution in [3.05, 3.63) is 59.7 Å². The zero-order valence-corrected chi connectivity index (χ0v) is 14.1. The summed E-state index contributed by atoms with van der Waals surface area (Å²) in [6, 6.07) is 11.1. The summed E-state index contributed by atoms with van der Waals surface area (Å²) in [5.74, 6) is -1.73. The van der Waals surface area contributed by atoms with E-state index in [0.29, 0.717) is 8.61 Å². The van der Waals surface area contributed by atoms with Gasteiger partial charge in [-0.05, 0) is 24.3 Å². The summed E-state index contributed by atoms with van der Waals surface area (Å²) in [5.41, 5.74) is -0.104. The van der Waals surface area contributed by atoms with E-state index in [1.54, 1.807) is 0 Å². The van der Waals surface area contributed by atoms with E-state index in [4.69, 9.17) is 0 Å². The van der Waals surface area contributed by atoms with E-state index < -0.39 is 38.5 Å². The summed E-state index contributed by atoms with van der Waals surface area (Å²) in [6.07, 6.45) is 0. The summed E-state index contributed by atoms with van der Waals surface area (Å²) in [5, 5.41) is 0. The molecule has 2 aromatic rings. The molecule has 0 radical (unpaired) electrons. The molecule has 2 aliphatic heterocycles. The predicted octanol–water partition coefficient (Wildman–Crippen LogP) is 0.633. The highest BCUT2D eigenvalue weighted by atomic mass is 32.2. The van der Waals surface area contributed by atoms with Gasteiger partial charge in [-0.3, -0.25) is 9.59 Å². The fraction of sp³-hybridized carbons (Fsp3) is 0.0667. The number of carbonyl (C=O) groups excluding carboxylic acids is 2. The Bertz CT molecular complexity index is 1060. The maximum atomic E-state index is 12.5. The van der Waals surface area contributed by atoms with Crippen molar-refractivity contribution >= 4 is 31.9 Å². The Kier molecular flexibility index (Phi) is 3.09.